The van der Waals surface area contributed by atoms with E-state index >= 15 is 0 Å². The van der Waals surface area contributed by atoms with Crippen molar-refractivity contribution < 1.29 is 0 Å². The lowest BCUT2D eigenvalue weighted by Crippen LogP contribution is -2.24. The van der Waals surface area contributed by atoms with Crippen LogP contribution in [0.15, 0.2) is 11.8 Å². The highest BCUT2D eigenvalue weighted by atomic mass is 35.5. The van der Waals surface area contributed by atoms with Crippen LogP contribution >= 0.6 is 12.4 Å². The summed E-state index contributed by atoms with van der Waals surface area (Å²) in [6, 6.07) is 0. The Balaban J connectivity index is 0. The van der Waals surface area contributed by atoms with Gasteiger partial charge in [-0.3, -0.25) is 0 Å². The van der Waals surface area contributed by atoms with Crippen molar-refractivity contribution in [2.24, 2.45) is 0 Å². The molecular formula is C13H28ClN. The number of rotatable bonds is 8. The summed E-state index contributed by atoms with van der Waals surface area (Å²) in [4.78, 5) is 2.54. The van der Waals surface area contributed by atoms with Gasteiger partial charge in [0.05, 0.1) is 0 Å². The minimum Gasteiger partial charge on any atom is -0.375 e. The standard InChI is InChI=1S/C13H27N.ClH/c1-5-8-11-14(12-9-6-2)13(4)10-7-3;/h10H,5-9,11-12H2,1-4H3;1H. The average molecular weight is 234 g/mol. The largest absolute Gasteiger partial charge is 0.375 e. The highest BCUT2D eigenvalue weighted by Gasteiger charge is 2.02. The quantitative estimate of drug-likeness (QED) is 0.591. The third-order valence-electron chi connectivity index (χ3n) is 2.56. The molecule has 15 heavy (non-hydrogen) atoms. The topological polar surface area (TPSA) is 3.24 Å². The van der Waals surface area contributed by atoms with E-state index in [2.05, 4.69) is 38.7 Å². The molecule has 0 spiro atoms. The molecule has 0 saturated heterocycles. The minimum atomic E-state index is 0. The molecule has 0 fully saturated rings. The smallest absolute Gasteiger partial charge is 0.0174 e. The molecule has 0 aromatic rings. The van der Waals surface area contributed by atoms with Gasteiger partial charge in [0.1, 0.15) is 0 Å². The van der Waals surface area contributed by atoms with Crippen LogP contribution in [0.3, 0.4) is 0 Å². The third-order valence-corrected chi connectivity index (χ3v) is 2.56. The molecule has 0 atom stereocenters. The lowest BCUT2D eigenvalue weighted by atomic mass is 10.2. The van der Waals surface area contributed by atoms with Gasteiger partial charge in [0.25, 0.3) is 0 Å². The second kappa shape index (κ2) is 11.9. The van der Waals surface area contributed by atoms with E-state index in [9.17, 15) is 0 Å². The zero-order valence-corrected chi connectivity index (χ0v) is 11.7. The number of allylic oxidation sites excluding steroid dienone is 2. The first-order valence-electron chi connectivity index (χ1n) is 6.17. The van der Waals surface area contributed by atoms with Gasteiger partial charge in [0.2, 0.25) is 0 Å². The van der Waals surface area contributed by atoms with Gasteiger partial charge in [-0.2, -0.15) is 0 Å². The van der Waals surface area contributed by atoms with Crippen molar-refractivity contribution in [1.29, 1.82) is 0 Å². The Labute approximate surface area is 102 Å². The summed E-state index contributed by atoms with van der Waals surface area (Å²) in [5, 5.41) is 0. The fraction of sp³-hybridized carbons (Fsp3) is 0.846. The van der Waals surface area contributed by atoms with Crippen LogP contribution in [-0.4, -0.2) is 18.0 Å². The van der Waals surface area contributed by atoms with Crippen LogP contribution in [0.5, 0.6) is 0 Å². The lowest BCUT2D eigenvalue weighted by molar-refractivity contribution is 0.331. The van der Waals surface area contributed by atoms with Crippen molar-refractivity contribution in [1.82, 2.24) is 4.90 Å². The SMILES string of the molecule is CCC=C(C)N(CCCC)CCCC.Cl. The molecule has 0 rings (SSSR count). The van der Waals surface area contributed by atoms with Crippen LogP contribution in [0.1, 0.15) is 59.8 Å². The first-order chi connectivity index (χ1) is 6.76. The first kappa shape index (κ1) is 17.2. The number of halogens is 1. The molecule has 1 nitrogen and oxygen atoms in total. The predicted molar refractivity (Wildman–Crippen MR) is 72.7 cm³/mol. The predicted octanol–water partition coefficient (Wildman–Crippen LogP) is 4.62. The number of unbranched alkanes of at least 4 members (excludes halogenated alkanes) is 2. The van der Waals surface area contributed by atoms with Crippen LogP contribution in [0.4, 0.5) is 0 Å². The van der Waals surface area contributed by atoms with E-state index in [1.807, 2.05) is 0 Å². The fourth-order valence-electron chi connectivity index (χ4n) is 1.59. The fourth-order valence-corrected chi connectivity index (χ4v) is 1.59. The summed E-state index contributed by atoms with van der Waals surface area (Å²) in [6.07, 6.45) is 8.72. The molecule has 0 N–H and O–H groups in total. The van der Waals surface area contributed by atoms with Crippen molar-refractivity contribution in [2.45, 2.75) is 59.8 Å². The maximum atomic E-state index is 2.54. The second-order valence-corrected chi connectivity index (χ2v) is 3.95. The Morgan fingerprint density at radius 2 is 1.47 bits per heavy atom. The number of nitrogens with zero attached hydrogens (tertiary/aromatic N) is 1. The molecule has 0 bridgehead atoms. The molecule has 0 aliphatic heterocycles. The average Bonchev–Trinajstić information content (AvgIpc) is 2.18. The summed E-state index contributed by atoms with van der Waals surface area (Å²) >= 11 is 0. The van der Waals surface area contributed by atoms with Gasteiger partial charge in [0.15, 0.2) is 0 Å². The molecule has 0 saturated carbocycles. The maximum absolute atomic E-state index is 2.54. The molecular weight excluding hydrogens is 206 g/mol. The van der Waals surface area contributed by atoms with Gasteiger partial charge in [-0.25, -0.2) is 0 Å². The Kier molecular flexibility index (Phi) is 13.7. The molecule has 0 radical (unpaired) electrons. The van der Waals surface area contributed by atoms with E-state index in [1.165, 1.54) is 44.5 Å². The lowest BCUT2D eigenvalue weighted by Gasteiger charge is -2.25. The Bertz CT molecular complexity index is 147. The van der Waals surface area contributed by atoms with Crippen LogP contribution in [0.25, 0.3) is 0 Å². The van der Waals surface area contributed by atoms with E-state index in [4.69, 9.17) is 0 Å². The molecule has 0 aliphatic carbocycles. The van der Waals surface area contributed by atoms with Gasteiger partial charge < -0.3 is 4.90 Å². The molecule has 2 heteroatoms. The van der Waals surface area contributed by atoms with Crippen molar-refractivity contribution in [3.63, 3.8) is 0 Å². The third kappa shape index (κ3) is 8.80. The van der Waals surface area contributed by atoms with Crippen molar-refractivity contribution in [3.8, 4) is 0 Å². The first-order valence-corrected chi connectivity index (χ1v) is 6.17. The van der Waals surface area contributed by atoms with Crippen LogP contribution in [0.2, 0.25) is 0 Å². The molecule has 92 valence electrons. The van der Waals surface area contributed by atoms with Gasteiger partial charge >= 0.3 is 0 Å². The van der Waals surface area contributed by atoms with Crippen LogP contribution in [0, 0.1) is 0 Å². The zero-order valence-electron chi connectivity index (χ0n) is 10.9. The van der Waals surface area contributed by atoms with E-state index in [0.29, 0.717) is 0 Å². The maximum Gasteiger partial charge on any atom is 0.0174 e. The van der Waals surface area contributed by atoms with Gasteiger partial charge in [-0.05, 0) is 26.2 Å². The van der Waals surface area contributed by atoms with E-state index < -0.39 is 0 Å². The molecule has 0 aliphatic rings. The normalized spacial score (nSPS) is 11.1. The summed E-state index contributed by atoms with van der Waals surface area (Å²) in [6.45, 7) is 11.4. The van der Waals surface area contributed by atoms with Crippen molar-refractivity contribution >= 4 is 12.4 Å². The van der Waals surface area contributed by atoms with Gasteiger partial charge in [-0.1, -0.05) is 39.7 Å². The van der Waals surface area contributed by atoms with E-state index in [-0.39, 0.29) is 12.4 Å². The molecule has 0 aromatic carbocycles. The van der Waals surface area contributed by atoms with Gasteiger partial charge in [-0.15, -0.1) is 12.4 Å². The Morgan fingerprint density at radius 3 is 1.80 bits per heavy atom. The highest BCUT2D eigenvalue weighted by molar-refractivity contribution is 5.85. The minimum absolute atomic E-state index is 0. The molecule has 0 unspecified atom stereocenters. The van der Waals surface area contributed by atoms with Crippen molar-refractivity contribution in [2.75, 3.05) is 13.1 Å². The Morgan fingerprint density at radius 1 is 1.00 bits per heavy atom. The zero-order chi connectivity index (χ0) is 10.8. The van der Waals surface area contributed by atoms with Crippen LogP contribution in [-0.2, 0) is 0 Å². The number of hydrogen-bond acceptors (Lipinski definition) is 1. The molecule has 0 amide bonds. The second-order valence-electron chi connectivity index (χ2n) is 3.95. The highest BCUT2D eigenvalue weighted by Crippen LogP contribution is 2.08. The summed E-state index contributed by atoms with van der Waals surface area (Å²) < 4.78 is 0. The van der Waals surface area contributed by atoms with E-state index in [0.717, 1.165) is 6.42 Å². The summed E-state index contributed by atoms with van der Waals surface area (Å²) in [5.41, 5.74) is 1.47. The van der Waals surface area contributed by atoms with Crippen LogP contribution < -0.4 is 0 Å². The van der Waals surface area contributed by atoms with Gasteiger partial charge in [0, 0.05) is 18.8 Å². The van der Waals surface area contributed by atoms with E-state index in [1.54, 1.807) is 0 Å². The monoisotopic (exact) mass is 233 g/mol. The summed E-state index contributed by atoms with van der Waals surface area (Å²) in [7, 11) is 0. The Hall–Kier alpha value is -0.170. The summed E-state index contributed by atoms with van der Waals surface area (Å²) in [5.74, 6) is 0. The molecule has 0 heterocycles. The molecule has 0 aromatic heterocycles. The number of hydrogen-bond donors (Lipinski definition) is 0. The van der Waals surface area contributed by atoms with Crippen molar-refractivity contribution in [3.05, 3.63) is 11.8 Å².